The maximum atomic E-state index is 10.5. The SMILES string of the molecule is CCCCC[C@H](O)/C=C/[C@@H]1c2cc(CCCCC(=O)O)oc2C[C@H]1O.NC(CO)(CO)CO. The lowest BCUT2D eigenvalue weighted by molar-refractivity contribution is -0.137. The van der Waals surface area contributed by atoms with Gasteiger partial charge in [-0.3, -0.25) is 4.79 Å². The van der Waals surface area contributed by atoms with E-state index in [2.05, 4.69) is 6.92 Å². The van der Waals surface area contributed by atoms with E-state index in [1.165, 1.54) is 0 Å². The molecule has 33 heavy (non-hydrogen) atoms. The largest absolute Gasteiger partial charge is 0.481 e. The van der Waals surface area contributed by atoms with E-state index >= 15 is 0 Å². The molecular formula is C24H41NO8. The molecule has 0 amide bonds. The Balaban J connectivity index is 0.000000582. The first-order valence-corrected chi connectivity index (χ1v) is 11.7. The summed E-state index contributed by atoms with van der Waals surface area (Å²) in [5.41, 5.74) is 4.94. The number of rotatable bonds is 14. The Kier molecular flexibility index (Phi) is 13.5. The van der Waals surface area contributed by atoms with Gasteiger partial charge >= 0.3 is 5.97 Å². The summed E-state index contributed by atoms with van der Waals surface area (Å²) in [4.78, 5) is 10.5. The molecule has 0 bridgehead atoms. The molecule has 8 N–H and O–H groups in total. The molecule has 0 fully saturated rings. The van der Waals surface area contributed by atoms with Gasteiger partial charge in [0.1, 0.15) is 11.5 Å². The zero-order valence-electron chi connectivity index (χ0n) is 19.5. The Morgan fingerprint density at radius 1 is 1.21 bits per heavy atom. The summed E-state index contributed by atoms with van der Waals surface area (Å²) in [6.07, 6.45) is 9.52. The average molecular weight is 472 g/mol. The van der Waals surface area contributed by atoms with Crippen LogP contribution in [-0.2, 0) is 17.6 Å². The second-order valence-corrected chi connectivity index (χ2v) is 8.77. The van der Waals surface area contributed by atoms with Crippen molar-refractivity contribution >= 4 is 5.97 Å². The predicted molar refractivity (Wildman–Crippen MR) is 124 cm³/mol. The van der Waals surface area contributed by atoms with Gasteiger partial charge in [-0.1, -0.05) is 38.3 Å². The Morgan fingerprint density at radius 3 is 2.42 bits per heavy atom. The number of hydrogen-bond acceptors (Lipinski definition) is 8. The molecule has 9 nitrogen and oxygen atoms in total. The van der Waals surface area contributed by atoms with Crippen molar-refractivity contribution in [3.05, 3.63) is 35.3 Å². The number of carboxylic acid groups (broad SMARTS) is 1. The predicted octanol–water partition coefficient (Wildman–Crippen LogP) is 1.24. The molecule has 1 aromatic rings. The highest BCUT2D eigenvalue weighted by atomic mass is 16.4. The molecular weight excluding hydrogens is 430 g/mol. The van der Waals surface area contributed by atoms with E-state index in [4.69, 9.17) is 30.6 Å². The third-order valence-corrected chi connectivity index (χ3v) is 5.71. The van der Waals surface area contributed by atoms with Crippen LogP contribution >= 0.6 is 0 Å². The van der Waals surface area contributed by atoms with Gasteiger partial charge in [-0.05, 0) is 25.3 Å². The van der Waals surface area contributed by atoms with E-state index in [0.29, 0.717) is 19.3 Å². The molecule has 0 spiro atoms. The third kappa shape index (κ3) is 10.4. The van der Waals surface area contributed by atoms with E-state index in [1.807, 2.05) is 12.1 Å². The van der Waals surface area contributed by atoms with Crippen LogP contribution in [0.5, 0.6) is 0 Å². The minimum atomic E-state index is -1.21. The molecule has 1 heterocycles. The second kappa shape index (κ2) is 15.2. The third-order valence-electron chi connectivity index (χ3n) is 5.71. The van der Waals surface area contributed by atoms with E-state index in [1.54, 1.807) is 6.08 Å². The van der Waals surface area contributed by atoms with Gasteiger partial charge < -0.3 is 40.8 Å². The monoisotopic (exact) mass is 471 g/mol. The number of aliphatic hydroxyl groups excluding tert-OH is 5. The lowest BCUT2D eigenvalue weighted by atomic mass is 9.98. The van der Waals surface area contributed by atoms with Crippen molar-refractivity contribution in [3.63, 3.8) is 0 Å². The van der Waals surface area contributed by atoms with Gasteiger partial charge in [0, 0.05) is 30.7 Å². The first-order chi connectivity index (χ1) is 15.7. The number of aliphatic carboxylic acids is 1. The van der Waals surface area contributed by atoms with Gasteiger partial charge in [0.15, 0.2) is 0 Å². The number of furan rings is 1. The zero-order valence-corrected chi connectivity index (χ0v) is 19.5. The summed E-state index contributed by atoms with van der Waals surface area (Å²) < 4.78 is 5.82. The summed E-state index contributed by atoms with van der Waals surface area (Å²) in [6.45, 7) is 0.927. The molecule has 190 valence electrons. The maximum absolute atomic E-state index is 10.5. The van der Waals surface area contributed by atoms with Gasteiger partial charge in [0.05, 0.1) is 37.6 Å². The van der Waals surface area contributed by atoms with E-state index in [0.717, 1.165) is 49.2 Å². The fourth-order valence-electron chi connectivity index (χ4n) is 3.49. The van der Waals surface area contributed by atoms with Crippen LogP contribution in [-0.4, -0.2) is 74.2 Å². The molecule has 1 aliphatic carbocycles. The number of hydrogen-bond donors (Lipinski definition) is 7. The fourth-order valence-corrected chi connectivity index (χ4v) is 3.49. The lowest BCUT2D eigenvalue weighted by Crippen LogP contribution is -2.50. The molecule has 0 radical (unpaired) electrons. The molecule has 0 unspecified atom stereocenters. The molecule has 1 aromatic heterocycles. The minimum absolute atomic E-state index is 0.132. The fraction of sp³-hybridized carbons (Fsp3) is 0.708. The van der Waals surface area contributed by atoms with Crippen molar-refractivity contribution < 1.29 is 39.9 Å². The number of unbranched alkanes of at least 4 members (excludes halogenated alkanes) is 3. The van der Waals surface area contributed by atoms with Crippen molar-refractivity contribution in [1.29, 1.82) is 0 Å². The lowest BCUT2D eigenvalue weighted by Gasteiger charge is -2.20. The zero-order chi connectivity index (χ0) is 24.9. The number of carboxylic acids is 1. The summed E-state index contributed by atoms with van der Waals surface area (Å²) in [6, 6.07) is 1.98. The van der Waals surface area contributed by atoms with Crippen LogP contribution in [0, 0.1) is 0 Å². The number of nitrogens with two attached hydrogens (primary N) is 1. The van der Waals surface area contributed by atoms with Crippen LogP contribution in [0.4, 0.5) is 0 Å². The van der Waals surface area contributed by atoms with Crippen LogP contribution in [0.1, 0.15) is 74.9 Å². The smallest absolute Gasteiger partial charge is 0.303 e. The van der Waals surface area contributed by atoms with Crippen molar-refractivity contribution in [2.45, 2.75) is 88.4 Å². The Labute approximate surface area is 195 Å². The number of aliphatic hydroxyl groups is 5. The molecule has 2 rings (SSSR count). The molecule has 1 aliphatic rings. The van der Waals surface area contributed by atoms with E-state index in [-0.39, 0.29) is 12.3 Å². The highest BCUT2D eigenvalue weighted by Gasteiger charge is 2.33. The normalized spacial score (nSPS) is 18.8. The standard InChI is InChI=1S/C20H30O5.C4H11NO3/c1-2-3-4-7-14(21)10-11-16-17-12-15(8-5-6-9-20(23)24)25-19(17)13-18(16)22;5-4(1-6,2-7)3-8/h10-12,14,16,18,21-22H,2-9,13H2,1H3,(H,23,24);6-8H,1-3,5H2/b11-10+;/t14-,16+,18+;/m0./s1. The summed E-state index contributed by atoms with van der Waals surface area (Å²) in [5.74, 6) is 0.764. The second-order valence-electron chi connectivity index (χ2n) is 8.77. The van der Waals surface area contributed by atoms with Gasteiger partial charge in [-0.25, -0.2) is 0 Å². The van der Waals surface area contributed by atoms with Crippen molar-refractivity contribution in [1.82, 2.24) is 0 Å². The number of carbonyl (C=O) groups is 1. The Morgan fingerprint density at radius 2 is 1.88 bits per heavy atom. The van der Waals surface area contributed by atoms with Gasteiger partial charge in [-0.15, -0.1) is 0 Å². The van der Waals surface area contributed by atoms with Crippen molar-refractivity contribution in [2.75, 3.05) is 19.8 Å². The van der Waals surface area contributed by atoms with Crippen LogP contribution in [0.15, 0.2) is 22.6 Å². The first kappa shape index (κ1) is 29.3. The summed E-state index contributed by atoms with van der Waals surface area (Å²) in [7, 11) is 0. The van der Waals surface area contributed by atoms with Crippen LogP contribution in [0.25, 0.3) is 0 Å². The molecule has 0 aromatic carbocycles. The number of fused-ring (bicyclic) bond motifs is 1. The first-order valence-electron chi connectivity index (χ1n) is 11.7. The van der Waals surface area contributed by atoms with Crippen LogP contribution < -0.4 is 5.73 Å². The van der Waals surface area contributed by atoms with E-state index in [9.17, 15) is 15.0 Å². The van der Waals surface area contributed by atoms with Crippen molar-refractivity contribution in [3.8, 4) is 0 Å². The Bertz CT molecular complexity index is 705. The minimum Gasteiger partial charge on any atom is -0.481 e. The highest BCUT2D eigenvalue weighted by molar-refractivity contribution is 5.66. The van der Waals surface area contributed by atoms with Crippen LogP contribution in [0.3, 0.4) is 0 Å². The van der Waals surface area contributed by atoms with Gasteiger partial charge in [-0.2, -0.15) is 0 Å². The molecule has 0 saturated carbocycles. The quantitative estimate of drug-likeness (QED) is 0.155. The summed E-state index contributed by atoms with van der Waals surface area (Å²) >= 11 is 0. The maximum Gasteiger partial charge on any atom is 0.303 e. The van der Waals surface area contributed by atoms with Crippen molar-refractivity contribution in [2.24, 2.45) is 5.73 Å². The van der Waals surface area contributed by atoms with Gasteiger partial charge in [0.25, 0.3) is 0 Å². The molecule has 0 aliphatic heterocycles. The van der Waals surface area contributed by atoms with Crippen LogP contribution in [0.2, 0.25) is 0 Å². The summed E-state index contributed by atoms with van der Waals surface area (Å²) in [5, 5.41) is 53.9. The molecule has 3 atom stereocenters. The van der Waals surface area contributed by atoms with E-state index < -0.39 is 43.5 Å². The average Bonchev–Trinajstić information content (AvgIpc) is 3.31. The molecule has 0 saturated heterocycles. The van der Waals surface area contributed by atoms with Gasteiger partial charge in [0.2, 0.25) is 0 Å². The molecule has 9 heteroatoms. The Hall–Kier alpha value is -1.75. The topological polar surface area (TPSA) is 178 Å². The highest BCUT2D eigenvalue weighted by Crippen LogP contribution is 2.37. The number of aryl methyl sites for hydroxylation is 1.